The molecule has 0 N–H and O–H groups in total. The first-order valence-corrected chi connectivity index (χ1v) is 5.86. The van der Waals surface area contributed by atoms with E-state index in [1.807, 2.05) is 0 Å². The molecule has 0 unspecified atom stereocenters. The van der Waals surface area contributed by atoms with Gasteiger partial charge in [0.1, 0.15) is 18.2 Å². The van der Waals surface area contributed by atoms with E-state index in [-0.39, 0.29) is 22.9 Å². The highest BCUT2D eigenvalue weighted by Gasteiger charge is 2.17. The van der Waals surface area contributed by atoms with Gasteiger partial charge in [0.05, 0.1) is 9.95 Å². The molecular weight excluding hydrogens is 292 g/mol. The predicted molar refractivity (Wildman–Crippen MR) is 68.8 cm³/mol. The van der Waals surface area contributed by atoms with Crippen LogP contribution in [0.5, 0.6) is 5.75 Å². The molecule has 4 nitrogen and oxygen atoms in total. The summed E-state index contributed by atoms with van der Waals surface area (Å²) >= 11 is 5.58. The minimum atomic E-state index is -0.953. The molecule has 20 heavy (non-hydrogen) atoms. The zero-order chi connectivity index (χ0) is 14.7. The first-order valence-electron chi connectivity index (χ1n) is 5.48. The van der Waals surface area contributed by atoms with E-state index >= 15 is 0 Å². The van der Waals surface area contributed by atoms with E-state index < -0.39 is 22.2 Å². The van der Waals surface area contributed by atoms with E-state index in [1.165, 1.54) is 24.3 Å². The Morgan fingerprint density at radius 3 is 2.65 bits per heavy atom. The molecule has 2 aromatic rings. The molecule has 0 heterocycles. The quantitative estimate of drug-likeness (QED) is 0.630. The first-order chi connectivity index (χ1) is 9.49. The lowest BCUT2D eigenvalue weighted by atomic mass is 10.2. The van der Waals surface area contributed by atoms with Gasteiger partial charge in [-0.05, 0) is 12.1 Å². The molecule has 0 aliphatic rings. The van der Waals surface area contributed by atoms with Crippen molar-refractivity contribution in [2.24, 2.45) is 0 Å². The van der Waals surface area contributed by atoms with Crippen LogP contribution in [0, 0.1) is 21.7 Å². The van der Waals surface area contributed by atoms with Crippen molar-refractivity contribution in [3.05, 3.63) is 68.7 Å². The van der Waals surface area contributed by atoms with E-state index in [2.05, 4.69) is 0 Å². The van der Waals surface area contributed by atoms with Crippen molar-refractivity contribution in [1.29, 1.82) is 0 Å². The van der Waals surface area contributed by atoms with Crippen LogP contribution in [0.1, 0.15) is 5.56 Å². The summed E-state index contributed by atoms with van der Waals surface area (Å²) in [4.78, 5) is 9.78. The van der Waals surface area contributed by atoms with Crippen molar-refractivity contribution in [2.45, 2.75) is 6.61 Å². The summed E-state index contributed by atoms with van der Waals surface area (Å²) < 4.78 is 31.9. The van der Waals surface area contributed by atoms with Gasteiger partial charge in [-0.2, -0.15) is 4.39 Å². The van der Waals surface area contributed by atoms with Crippen molar-refractivity contribution >= 4 is 17.3 Å². The van der Waals surface area contributed by atoms with Crippen LogP contribution in [0.3, 0.4) is 0 Å². The fraction of sp³-hybridized carbons (Fsp3) is 0.0769. The number of rotatable bonds is 4. The summed E-state index contributed by atoms with van der Waals surface area (Å²) in [5.74, 6) is -1.31. The Hall–Kier alpha value is -2.21. The fourth-order valence-corrected chi connectivity index (χ4v) is 1.72. The summed E-state index contributed by atoms with van der Waals surface area (Å²) in [6, 6.07) is 7.47. The van der Waals surface area contributed by atoms with Gasteiger partial charge in [-0.25, -0.2) is 4.39 Å². The lowest BCUT2D eigenvalue weighted by Gasteiger charge is -2.07. The molecular formula is C13H8ClF2NO3. The molecule has 0 aromatic heterocycles. The van der Waals surface area contributed by atoms with Crippen LogP contribution < -0.4 is 4.74 Å². The van der Waals surface area contributed by atoms with Crippen molar-refractivity contribution in [2.75, 3.05) is 0 Å². The lowest BCUT2D eigenvalue weighted by molar-refractivity contribution is -0.387. The molecule has 2 rings (SSSR count). The van der Waals surface area contributed by atoms with Gasteiger partial charge in [0, 0.05) is 17.7 Å². The van der Waals surface area contributed by atoms with Crippen LogP contribution in [0.4, 0.5) is 14.5 Å². The van der Waals surface area contributed by atoms with E-state index in [1.54, 1.807) is 0 Å². The van der Waals surface area contributed by atoms with E-state index in [0.717, 1.165) is 12.1 Å². The van der Waals surface area contributed by atoms with Gasteiger partial charge in [-0.3, -0.25) is 10.1 Å². The predicted octanol–water partition coefficient (Wildman–Crippen LogP) is 4.11. The number of hydrogen-bond acceptors (Lipinski definition) is 3. The van der Waals surface area contributed by atoms with E-state index in [0.29, 0.717) is 0 Å². The van der Waals surface area contributed by atoms with Crippen molar-refractivity contribution < 1.29 is 18.4 Å². The number of halogens is 3. The Kier molecular flexibility index (Phi) is 4.14. The van der Waals surface area contributed by atoms with Gasteiger partial charge < -0.3 is 4.74 Å². The fourth-order valence-electron chi connectivity index (χ4n) is 1.55. The van der Waals surface area contributed by atoms with Crippen molar-refractivity contribution in [3.63, 3.8) is 0 Å². The number of nitro benzene ring substituents is 1. The van der Waals surface area contributed by atoms with E-state index in [4.69, 9.17) is 16.3 Å². The summed E-state index contributed by atoms with van der Waals surface area (Å²) in [7, 11) is 0. The Bertz CT molecular complexity index is 664. The largest absolute Gasteiger partial charge is 0.489 e. The Labute approximate surface area is 117 Å². The van der Waals surface area contributed by atoms with Crippen LogP contribution in [-0.4, -0.2) is 4.92 Å². The molecule has 2 aromatic carbocycles. The third-order valence-corrected chi connectivity index (χ3v) is 2.83. The maximum Gasteiger partial charge on any atom is 0.305 e. The molecule has 0 saturated carbocycles. The van der Waals surface area contributed by atoms with Crippen LogP contribution in [0.25, 0.3) is 0 Å². The Balaban J connectivity index is 2.17. The van der Waals surface area contributed by atoms with Gasteiger partial charge in [0.25, 0.3) is 0 Å². The van der Waals surface area contributed by atoms with Crippen molar-refractivity contribution in [3.8, 4) is 5.75 Å². The maximum absolute atomic E-state index is 13.8. The average Bonchev–Trinajstić information content (AvgIpc) is 2.41. The maximum atomic E-state index is 13.8. The standard InChI is InChI=1S/C13H8ClF2NO3/c14-10-6-9(4-5-11(10)15)20-7-8-2-1-3-12(13(8)16)17(18)19/h1-6H,7H2. The third-order valence-electron chi connectivity index (χ3n) is 2.54. The van der Waals surface area contributed by atoms with Crippen LogP contribution in [-0.2, 0) is 6.61 Å². The molecule has 0 atom stereocenters. The molecule has 0 bridgehead atoms. The van der Waals surface area contributed by atoms with Gasteiger partial charge in [-0.15, -0.1) is 0 Å². The molecule has 0 spiro atoms. The molecule has 0 fully saturated rings. The summed E-state index contributed by atoms with van der Waals surface area (Å²) in [6.45, 7) is -0.227. The summed E-state index contributed by atoms with van der Waals surface area (Å²) in [5.41, 5.74) is -0.595. The molecule has 104 valence electrons. The average molecular weight is 300 g/mol. The number of hydrogen-bond donors (Lipinski definition) is 0. The number of nitro groups is 1. The molecule has 0 saturated heterocycles. The van der Waals surface area contributed by atoms with Crippen molar-refractivity contribution in [1.82, 2.24) is 0 Å². The molecule has 7 heteroatoms. The third kappa shape index (κ3) is 3.03. The van der Waals surface area contributed by atoms with Gasteiger partial charge in [-0.1, -0.05) is 23.7 Å². The van der Waals surface area contributed by atoms with Crippen LogP contribution in [0.2, 0.25) is 5.02 Å². The zero-order valence-electron chi connectivity index (χ0n) is 9.98. The second-order valence-corrected chi connectivity index (χ2v) is 4.28. The SMILES string of the molecule is O=[N+]([O-])c1cccc(COc2ccc(F)c(Cl)c2)c1F. The minimum Gasteiger partial charge on any atom is -0.489 e. The topological polar surface area (TPSA) is 52.4 Å². The Morgan fingerprint density at radius 2 is 2.00 bits per heavy atom. The summed E-state index contributed by atoms with van der Waals surface area (Å²) in [5, 5.41) is 10.5. The number of ether oxygens (including phenoxy) is 1. The highest BCUT2D eigenvalue weighted by molar-refractivity contribution is 6.30. The van der Waals surface area contributed by atoms with Crippen LogP contribution >= 0.6 is 11.6 Å². The van der Waals surface area contributed by atoms with Gasteiger partial charge in [0.2, 0.25) is 5.82 Å². The van der Waals surface area contributed by atoms with E-state index in [9.17, 15) is 18.9 Å². The van der Waals surface area contributed by atoms with Gasteiger partial charge >= 0.3 is 5.69 Å². The number of benzene rings is 2. The molecule has 0 aliphatic carbocycles. The minimum absolute atomic E-state index is 0.0275. The molecule has 0 amide bonds. The van der Waals surface area contributed by atoms with Gasteiger partial charge in [0.15, 0.2) is 0 Å². The number of nitrogens with zero attached hydrogens (tertiary/aromatic N) is 1. The summed E-state index contributed by atoms with van der Waals surface area (Å²) in [6.07, 6.45) is 0. The monoisotopic (exact) mass is 299 g/mol. The smallest absolute Gasteiger partial charge is 0.305 e. The molecule has 0 aliphatic heterocycles. The van der Waals surface area contributed by atoms with Crippen LogP contribution in [0.15, 0.2) is 36.4 Å². The first kappa shape index (κ1) is 14.2. The normalized spacial score (nSPS) is 10.3. The molecule has 0 radical (unpaired) electrons. The Morgan fingerprint density at radius 1 is 1.25 bits per heavy atom. The second kappa shape index (κ2) is 5.83. The highest BCUT2D eigenvalue weighted by atomic mass is 35.5. The second-order valence-electron chi connectivity index (χ2n) is 3.87. The highest BCUT2D eigenvalue weighted by Crippen LogP contribution is 2.24. The lowest BCUT2D eigenvalue weighted by Crippen LogP contribution is -2.01. The zero-order valence-corrected chi connectivity index (χ0v) is 10.7.